The molecule has 1 aromatic carbocycles. The Morgan fingerprint density at radius 2 is 2.04 bits per heavy atom. The maximum Gasteiger partial charge on any atom is 0.287 e. The molecule has 0 bridgehead atoms. The average Bonchev–Trinajstić information content (AvgIpc) is 2.91. The Morgan fingerprint density at radius 3 is 2.80 bits per heavy atom. The van der Waals surface area contributed by atoms with Crippen molar-refractivity contribution in [1.82, 2.24) is 9.56 Å². The fourth-order valence-corrected chi connectivity index (χ4v) is 3.25. The highest BCUT2D eigenvalue weighted by atomic mass is 32.2. The topological polar surface area (TPSA) is 76.6 Å². The molecule has 0 radical (unpaired) electrons. The lowest BCUT2D eigenvalue weighted by molar-refractivity contribution is -0.113. The number of anilines is 1. The summed E-state index contributed by atoms with van der Waals surface area (Å²) in [5.74, 6) is 1.32. The van der Waals surface area contributed by atoms with E-state index >= 15 is 0 Å². The Kier molecular flexibility index (Phi) is 4.94. The van der Waals surface area contributed by atoms with Crippen LogP contribution in [0.3, 0.4) is 0 Å². The van der Waals surface area contributed by atoms with Gasteiger partial charge >= 0.3 is 0 Å². The van der Waals surface area contributed by atoms with Crippen LogP contribution in [0.15, 0.2) is 39.6 Å². The summed E-state index contributed by atoms with van der Waals surface area (Å²) in [5, 5.41) is 2.91. The van der Waals surface area contributed by atoms with Crippen molar-refractivity contribution in [2.75, 3.05) is 11.1 Å². The number of amides is 1. The molecule has 0 unspecified atom stereocenters. The SMILES string of the molecule is Cc1ccc(NC(=O)CSCc2cc(=O)n3oc(C)cc3n2)c(C)c1. The lowest BCUT2D eigenvalue weighted by Crippen LogP contribution is -2.16. The Labute approximate surface area is 149 Å². The van der Waals surface area contributed by atoms with Gasteiger partial charge in [0.15, 0.2) is 5.65 Å². The van der Waals surface area contributed by atoms with E-state index in [1.54, 1.807) is 13.0 Å². The van der Waals surface area contributed by atoms with Crippen molar-refractivity contribution in [2.24, 2.45) is 0 Å². The zero-order valence-electron chi connectivity index (χ0n) is 14.3. The molecule has 7 heteroatoms. The number of fused-ring (bicyclic) bond motifs is 1. The summed E-state index contributed by atoms with van der Waals surface area (Å²) in [7, 11) is 0. The summed E-state index contributed by atoms with van der Waals surface area (Å²) in [6.45, 7) is 5.75. The average molecular weight is 357 g/mol. The lowest BCUT2D eigenvalue weighted by atomic mass is 10.1. The van der Waals surface area contributed by atoms with Gasteiger partial charge in [0, 0.05) is 23.6 Å². The highest BCUT2D eigenvalue weighted by molar-refractivity contribution is 7.99. The molecular formula is C18H19N3O3S. The zero-order valence-corrected chi connectivity index (χ0v) is 15.1. The van der Waals surface area contributed by atoms with Crippen LogP contribution in [0, 0.1) is 20.8 Å². The summed E-state index contributed by atoms with van der Waals surface area (Å²) in [6, 6.07) is 9.05. The van der Waals surface area contributed by atoms with E-state index in [0.29, 0.717) is 28.6 Å². The van der Waals surface area contributed by atoms with Gasteiger partial charge in [0.05, 0.1) is 11.4 Å². The van der Waals surface area contributed by atoms with E-state index in [1.165, 1.54) is 17.8 Å². The molecule has 2 heterocycles. The fraction of sp³-hybridized carbons (Fsp3) is 0.278. The molecule has 1 amide bonds. The number of hydrogen-bond donors (Lipinski definition) is 1. The molecule has 130 valence electrons. The summed E-state index contributed by atoms with van der Waals surface area (Å²) in [4.78, 5) is 28.4. The number of aryl methyl sites for hydroxylation is 3. The van der Waals surface area contributed by atoms with Crippen molar-refractivity contribution in [3.8, 4) is 0 Å². The monoisotopic (exact) mass is 357 g/mol. The first-order valence-corrected chi connectivity index (χ1v) is 9.02. The number of nitrogens with zero attached hydrogens (tertiary/aromatic N) is 2. The van der Waals surface area contributed by atoms with Crippen LogP contribution in [0.4, 0.5) is 5.69 Å². The Bertz CT molecular complexity index is 991. The van der Waals surface area contributed by atoms with E-state index in [0.717, 1.165) is 21.4 Å². The van der Waals surface area contributed by atoms with E-state index in [2.05, 4.69) is 10.3 Å². The predicted octanol–water partition coefficient (Wildman–Crippen LogP) is 3.08. The molecule has 3 rings (SSSR count). The number of rotatable bonds is 5. The minimum Gasteiger partial charge on any atom is -0.375 e. The Hall–Kier alpha value is -2.54. The predicted molar refractivity (Wildman–Crippen MR) is 99.2 cm³/mol. The Morgan fingerprint density at radius 1 is 1.24 bits per heavy atom. The second-order valence-corrected chi connectivity index (χ2v) is 6.93. The van der Waals surface area contributed by atoms with Crippen molar-refractivity contribution < 1.29 is 9.32 Å². The third-order valence-electron chi connectivity index (χ3n) is 3.66. The van der Waals surface area contributed by atoms with Gasteiger partial charge in [-0.25, -0.2) is 4.98 Å². The molecule has 0 aliphatic carbocycles. The quantitative estimate of drug-likeness (QED) is 0.759. The van der Waals surface area contributed by atoms with Gasteiger partial charge in [-0.15, -0.1) is 16.3 Å². The van der Waals surface area contributed by atoms with Crippen molar-refractivity contribution in [3.05, 3.63) is 63.3 Å². The van der Waals surface area contributed by atoms with Crippen LogP contribution in [0.25, 0.3) is 5.65 Å². The Balaban J connectivity index is 1.59. The van der Waals surface area contributed by atoms with Crippen molar-refractivity contribution in [1.29, 1.82) is 0 Å². The zero-order chi connectivity index (χ0) is 18.0. The smallest absolute Gasteiger partial charge is 0.287 e. The van der Waals surface area contributed by atoms with Crippen LogP contribution in [0.1, 0.15) is 22.6 Å². The first kappa shape index (κ1) is 17.3. The standard InChI is InChI=1S/C18H19N3O3S/c1-11-4-5-15(12(2)6-11)20-17(22)10-25-9-14-8-18(23)21-16(19-14)7-13(3)24-21/h4-8H,9-10H2,1-3H3,(H,20,22). The molecule has 1 N–H and O–H groups in total. The van der Waals surface area contributed by atoms with Gasteiger partial charge in [0.1, 0.15) is 5.76 Å². The summed E-state index contributed by atoms with van der Waals surface area (Å²) in [5.41, 5.74) is 3.88. The van der Waals surface area contributed by atoms with Crippen molar-refractivity contribution in [3.63, 3.8) is 0 Å². The van der Waals surface area contributed by atoms with Crippen LogP contribution in [0.5, 0.6) is 0 Å². The van der Waals surface area contributed by atoms with Gasteiger partial charge in [0.2, 0.25) is 5.91 Å². The van der Waals surface area contributed by atoms with Gasteiger partial charge in [0.25, 0.3) is 5.56 Å². The number of hydrogen-bond acceptors (Lipinski definition) is 5. The molecule has 2 aromatic heterocycles. The second kappa shape index (κ2) is 7.14. The van der Waals surface area contributed by atoms with Gasteiger partial charge in [-0.2, -0.15) is 0 Å². The highest BCUT2D eigenvalue weighted by Crippen LogP contribution is 2.17. The molecule has 25 heavy (non-hydrogen) atoms. The minimum atomic E-state index is -0.256. The van der Waals surface area contributed by atoms with Gasteiger partial charge in [-0.3, -0.25) is 9.59 Å². The summed E-state index contributed by atoms with van der Waals surface area (Å²) in [6.07, 6.45) is 0. The number of nitrogens with one attached hydrogen (secondary N) is 1. The maximum absolute atomic E-state index is 12.1. The van der Waals surface area contributed by atoms with E-state index < -0.39 is 0 Å². The van der Waals surface area contributed by atoms with Crippen LogP contribution in [-0.4, -0.2) is 21.2 Å². The van der Waals surface area contributed by atoms with Crippen LogP contribution < -0.4 is 10.9 Å². The highest BCUT2D eigenvalue weighted by Gasteiger charge is 2.09. The van der Waals surface area contributed by atoms with Crippen LogP contribution in [0.2, 0.25) is 0 Å². The first-order valence-electron chi connectivity index (χ1n) is 7.87. The molecule has 3 aromatic rings. The number of aromatic nitrogens is 2. The third-order valence-corrected chi connectivity index (χ3v) is 4.63. The lowest BCUT2D eigenvalue weighted by Gasteiger charge is -2.09. The number of carbonyl (C=O) groups excluding carboxylic acids is 1. The van der Waals surface area contributed by atoms with Gasteiger partial charge < -0.3 is 9.84 Å². The first-order chi connectivity index (χ1) is 11.9. The summed E-state index contributed by atoms with van der Waals surface area (Å²) >= 11 is 1.41. The van der Waals surface area contributed by atoms with Gasteiger partial charge in [-0.05, 0) is 32.4 Å². The normalized spacial score (nSPS) is 11.0. The number of carbonyl (C=O) groups is 1. The third kappa shape index (κ3) is 4.11. The second-order valence-electron chi connectivity index (χ2n) is 5.94. The minimum absolute atomic E-state index is 0.0751. The van der Waals surface area contributed by atoms with Crippen molar-refractivity contribution >= 4 is 29.0 Å². The molecule has 0 aliphatic heterocycles. The number of benzene rings is 1. The molecule has 0 fully saturated rings. The molecule has 0 spiro atoms. The number of thioether (sulfide) groups is 1. The van der Waals surface area contributed by atoms with Crippen LogP contribution in [-0.2, 0) is 10.5 Å². The van der Waals surface area contributed by atoms with E-state index in [4.69, 9.17) is 4.52 Å². The van der Waals surface area contributed by atoms with E-state index in [-0.39, 0.29) is 11.5 Å². The molecule has 0 aliphatic rings. The van der Waals surface area contributed by atoms with E-state index in [1.807, 2.05) is 32.0 Å². The molecule has 0 saturated carbocycles. The fourth-order valence-electron chi connectivity index (χ4n) is 2.54. The molecule has 6 nitrogen and oxygen atoms in total. The van der Waals surface area contributed by atoms with Crippen LogP contribution >= 0.6 is 11.8 Å². The van der Waals surface area contributed by atoms with Crippen molar-refractivity contribution in [2.45, 2.75) is 26.5 Å². The maximum atomic E-state index is 12.1. The summed E-state index contributed by atoms with van der Waals surface area (Å²) < 4.78 is 6.42. The largest absolute Gasteiger partial charge is 0.375 e. The molecular weight excluding hydrogens is 338 g/mol. The molecule has 0 atom stereocenters. The van der Waals surface area contributed by atoms with Gasteiger partial charge in [-0.1, -0.05) is 17.7 Å². The van der Waals surface area contributed by atoms with E-state index in [9.17, 15) is 9.59 Å². The molecule has 0 saturated heterocycles.